The highest BCUT2D eigenvalue weighted by atomic mass is 32.2. The van der Waals surface area contributed by atoms with Crippen LogP contribution in [-0.2, 0) is 4.79 Å². The maximum atomic E-state index is 11.7. The minimum Gasteiger partial charge on any atom is -0.303 e. The molecule has 0 spiro atoms. The third-order valence-corrected chi connectivity index (χ3v) is 4.08. The summed E-state index contributed by atoms with van der Waals surface area (Å²) in [5, 5.41) is 3.71. The van der Waals surface area contributed by atoms with Gasteiger partial charge in [-0.15, -0.1) is 11.8 Å². The number of fused-ring (bicyclic) bond motifs is 1. The number of β-lactam (4-membered cyclic amide) rings is 1. The first kappa shape index (κ1) is 11.0. The van der Waals surface area contributed by atoms with Gasteiger partial charge in [0.15, 0.2) is 0 Å². The van der Waals surface area contributed by atoms with Crippen molar-refractivity contribution in [1.82, 2.24) is 10.2 Å². The van der Waals surface area contributed by atoms with Gasteiger partial charge in [-0.3, -0.25) is 4.79 Å². The molecule has 1 fully saturated rings. The van der Waals surface area contributed by atoms with Crippen molar-refractivity contribution in [2.45, 2.75) is 37.6 Å². The van der Waals surface area contributed by atoms with Crippen molar-refractivity contribution < 1.29 is 4.79 Å². The highest BCUT2D eigenvalue weighted by Gasteiger charge is 2.46. The van der Waals surface area contributed by atoms with Gasteiger partial charge in [0.05, 0.1) is 0 Å². The minimum atomic E-state index is 0.0665. The van der Waals surface area contributed by atoms with Crippen LogP contribution in [0, 0.1) is 0 Å². The molecule has 1 amide bonds. The normalized spacial score (nSPS) is 28.9. The van der Waals surface area contributed by atoms with Gasteiger partial charge in [-0.25, -0.2) is 0 Å². The van der Waals surface area contributed by atoms with E-state index in [4.69, 9.17) is 0 Å². The average Bonchev–Trinajstić information content (AvgIpc) is 2.28. The van der Waals surface area contributed by atoms with Gasteiger partial charge in [0.1, 0.15) is 11.4 Å². The average molecular weight is 226 g/mol. The summed E-state index contributed by atoms with van der Waals surface area (Å²) in [6.07, 6.45) is 7.62. The van der Waals surface area contributed by atoms with Crippen LogP contribution in [0.4, 0.5) is 0 Å². The Bertz CT molecular complexity index is 267. The van der Waals surface area contributed by atoms with Crippen LogP contribution in [0.25, 0.3) is 0 Å². The zero-order chi connectivity index (χ0) is 10.7. The van der Waals surface area contributed by atoms with Crippen LogP contribution in [0.5, 0.6) is 0 Å². The molecule has 2 aliphatic rings. The Morgan fingerprint density at radius 3 is 3.27 bits per heavy atom. The Morgan fingerprint density at radius 1 is 1.60 bits per heavy atom. The largest absolute Gasteiger partial charge is 0.303 e. The lowest BCUT2D eigenvalue weighted by Gasteiger charge is -2.46. The van der Waals surface area contributed by atoms with E-state index in [1.807, 2.05) is 28.9 Å². The summed E-state index contributed by atoms with van der Waals surface area (Å²) in [4.78, 5) is 13.5. The fourth-order valence-corrected chi connectivity index (χ4v) is 3.09. The van der Waals surface area contributed by atoms with Crippen molar-refractivity contribution in [3.8, 4) is 0 Å². The number of carbonyl (C=O) groups excluding carboxylic acids is 1. The van der Waals surface area contributed by atoms with E-state index in [-0.39, 0.29) is 11.9 Å². The molecule has 2 heterocycles. The summed E-state index contributed by atoms with van der Waals surface area (Å²) >= 11 is 1.84. The number of nitrogens with zero attached hydrogens (tertiary/aromatic N) is 1. The van der Waals surface area contributed by atoms with Gasteiger partial charge in [0, 0.05) is 12.0 Å². The molecule has 0 aromatic carbocycles. The predicted octanol–water partition coefficient (Wildman–Crippen LogP) is 1.56. The molecule has 0 aromatic heterocycles. The van der Waals surface area contributed by atoms with Gasteiger partial charge in [0.2, 0.25) is 5.91 Å². The fourth-order valence-electron chi connectivity index (χ4n) is 1.95. The van der Waals surface area contributed by atoms with E-state index in [9.17, 15) is 4.79 Å². The number of carbonyl (C=O) groups is 1. The second-order valence-electron chi connectivity index (χ2n) is 3.99. The first-order valence-corrected chi connectivity index (χ1v) is 6.73. The quantitative estimate of drug-likeness (QED) is 0.570. The van der Waals surface area contributed by atoms with Crippen LogP contribution in [0.3, 0.4) is 0 Å². The summed E-state index contributed by atoms with van der Waals surface area (Å²) in [7, 11) is 0. The molecule has 1 saturated heterocycles. The molecule has 2 rings (SSSR count). The number of thioether (sulfide) groups is 1. The molecule has 84 valence electrons. The van der Waals surface area contributed by atoms with Gasteiger partial charge >= 0.3 is 0 Å². The van der Waals surface area contributed by atoms with Crippen molar-refractivity contribution in [2.75, 3.05) is 12.3 Å². The fraction of sp³-hybridized carbons (Fsp3) is 0.727. The molecular weight excluding hydrogens is 208 g/mol. The smallest absolute Gasteiger partial charge is 0.247 e. The molecule has 0 bridgehead atoms. The van der Waals surface area contributed by atoms with Gasteiger partial charge in [-0.05, 0) is 13.0 Å². The van der Waals surface area contributed by atoms with Crippen LogP contribution in [0.2, 0.25) is 0 Å². The Hall–Kier alpha value is -0.480. The maximum Gasteiger partial charge on any atom is 0.247 e. The SMILES string of the molecule is CCCCCN[C@@H]1C(=O)N2C=CCS[C@H]12. The van der Waals surface area contributed by atoms with Crippen LogP contribution < -0.4 is 5.32 Å². The Morgan fingerprint density at radius 2 is 2.47 bits per heavy atom. The van der Waals surface area contributed by atoms with E-state index < -0.39 is 0 Å². The number of amides is 1. The first-order valence-electron chi connectivity index (χ1n) is 5.68. The molecule has 0 radical (unpaired) electrons. The molecule has 2 atom stereocenters. The van der Waals surface area contributed by atoms with Gasteiger partial charge in [-0.1, -0.05) is 25.8 Å². The Balaban J connectivity index is 1.75. The van der Waals surface area contributed by atoms with Gasteiger partial charge < -0.3 is 10.2 Å². The number of rotatable bonds is 5. The monoisotopic (exact) mass is 226 g/mol. The van der Waals surface area contributed by atoms with Crippen LogP contribution in [0.1, 0.15) is 26.2 Å². The highest BCUT2D eigenvalue weighted by molar-refractivity contribution is 8.00. The number of unbranched alkanes of at least 4 members (excludes halogenated alkanes) is 2. The van der Waals surface area contributed by atoms with E-state index in [0.717, 1.165) is 12.3 Å². The lowest BCUT2D eigenvalue weighted by atomic mass is 10.1. The van der Waals surface area contributed by atoms with Gasteiger partial charge in [-0.2, -0.15) is 0 Å². The Labute approximate surface area is 95.3 Å². The zero-order valence-corrected chi connectivity index (χ0v) is 9.93. The molecule has 4 heteroatoms. The van der Waals surface area contributed by atoms with Crippen molar-refractivity contribution in [3.63, 3.8) is 0 Å². The molecule has 1 N–H and O–H groups in total. The Kier molecular flexibility index (Phi) is 3.70. The molecular formula is C11H18N2OS. The third kappa shape index (κ3) is 2.21. The van der Waals surface area contributed by atoms with Crippen LogP contribution in [-0.4, -0.2) is 34.5 Å². The summed E-state index contributed by atoms with van der Waals surface area (Å²) < 4.78 is 0. The number of hydrogen-bond donors (Lipinski definition) is 1. The maximum absolute atomic E-state index is 11.7. The second-order valence-corrected chi connectivity index (χ2v) is 5.14. The lowest BCUT2D eigenvalue weighted by Crippen LogP contribution is -2.67. The van der Waals surface area contributed by atoms with Crippen LogP contribution in [0.15, 0.2) is 12.3 Å². The number of hydrogen-bond acceptors (Lipinski definition) is 3. The molecule has 0 aromatic rings. The van der Waals surface area contributed by atoms with Crippen molar-refractivity contribution >= 4 is 17.7 Å². The van der Waals surface area contributed by atoms with E-state index >= 15 is 0 Å². The second kappa shape index (κ2) is 5.03. The predicted molar refractivity (Wildman–Crippen MR) is 63.5 cm³/mol. The number of nitrogens with one attached hydrogen (secondary N) is 1. The van der Waals surface area contributed by atoms with Crippen molar-refractivity contribution in [3.05, 3.63) is 12.3 Å². The molecule has 0 saturated carbocycles. The molecule has 3 nitrogen and oxygen atoms in total. The summed E-state index contributed by atoms with van der Waals surface area (Å²) in [5.74, 6) is 1.27. The minimum absolute atomic E-state index is 0.0665. The van der Waals surface area contributed by atoms with Gasteiger partial charge in [0.25, 0.3) is 0 Å². The molecule has 0 unspecified atom stereocenters. The van der Waals surface area contributed by atoms with E-state index in [0.29, 0.717) is 5.37 Å². The third-order valence-electron chi connectivity index (χ3n) is 2.85. The zero-order valence-electron chi connectivity index (χ0n) is 9.11. The molecule has 0 aliphatic carbocycles. The van der Waals surface area contributed by atoms with E-state index in [1.165, 1.54) is 19.3 Å². The molecule has 2 aliphatic heterocycles. The topological polar surface area (TPSA) is 32.3 Å². The van der Waals surface area contributed by atoms with Crippen LogP contribution >= 0.6 is 11.8 Å². The standard InChI is InChI=1S/C11H18N2OS/c1-2-3-4-6-12-9-10(14)13-7-5-8-15-11(9)13/h5,7,9,11-12H,2-4,6,8H2,1H3/t9-,11-/m1/s1. The van der Waals surface area contributed by atoms with Crippen molar-refractivity contribution in [2.24, 2.45) is 0 Å². The first-order chi connectivity index (χ1) is 7.34. The van der Waals surface area contributed by atoms with Crippen molar-refractivity contribution in [1.29, 1.82) is 0 Å². The summed E-state index contributed by atoms with van der Waals surface area (Å²) in [6, 6.07) is 0.0665. The molecule has 15 heavy (non-hydrogen) atoms. The lowest BCUT2D eigenvalue weighted by molar-refractivity contribution is -0.141. The summed E-state index contributed by atoms with van der Waals surface area (Å²) in [6.45, 7) is 3.16. The highest BCUT2D eigenvalue weighted by Crippen LogP contribution is 2.33. The summed E-state index contributed by atoms with van der Waals surface area (Å²) in [5.41, 5.74) is 0. The van der Waals surface area contributed by atoms with E-state index in [2.05, 4.69) is 12.2 Å². The van der Waals surface area contributed by atoms with E-state index in [1.54, 1.807) is 0 Å².